The fourth-order valence-corrected chi connectivity index (χ4v) is 3.15. The topological polar surface area (TPSA) is 45.2 Å². The SMILES string of the molecule is CN(C)[C@@H](CNC(=O)c1nccc2ccccc12)c1ccccc1Cl. The Morgan fingerprint density at radius 1 is 1.12 bits per heavy atom. The number of halogens is 1. The highest BCUT2D eigenvalue weighted by Crippen LogP contribution is 2.25. The number of nitrogens with one attached hydrogen (secondary N) is 1. The molecule has 1 N–H and O–H groups in total. The van der Waals surface area contributed by atoms with E-state index in [0.717, 1.165) is 16.3 Å². The number of nitrogens with zero attached hydrogens (tertiary/aromatic N) is 2. The third-order valence-electron chi connectivity index (χ3n) is 4.23. The van der Waals surface area contributed by atoms with Crippen LogP contribution >= 0.6 is 11.6 Å². The molecule has 0 radical (unpaired) electrons. The Morgan fingerprint density at radius 3 is 2.60 bits per heavy atom. The molecule has 4 nitrogen and oxygen atoms in total. The Labute approximate surface area is 152 Å². The molecule has 3 aromatic rings. The zero-order valence-corrected chi connectivity index (χ0v) is 15.0. The fraction of sp³-hybridized carbons (Fsp3) is 0.200. The van der Waals surface area contributed by atoms with E-state index in [0.29, 0.717) is 17.3 Å². The Balaban J connectivity index is 1.81. The van der Waals surface area contributed by atoms with Crippen molar-refractivity contribution >= 4 is 28.3 Å². The average Bonchev–Trinajstić information content (AvgIpc) is 2.62. The third-order valence-corrected chi connectivity index (χ3v) is 4.58. The van der Waals surface area contributed by atoms with Crippen LogP contribution in [0, 0.1) is 0 Å². The van der Waals surface area contributed by atoms with Crippen molar-refractivity contribution < 1.29 is 4.79 Å². The number of rotatable bonds is 5. The molecule has 0 aliphatic carbocycles. The molecule has 0 bridgehead atoms. The maximum atomic E-state index is 12.7. The average molecular weight is 354 g/mol. The molecule has 0 unspecified atom stereocenters. The molecular weight excluding hydrogens is 334 g/mol. The fourth-order valence-electron chi connectivity index (χ4n) is 2.89. The number of likely N-dealkylation sites (N-methyl/N-ethyl adjacent to an activating group) is 1. The predicted octanol–water partition coefficient (Wildman–Crippen LogP) is 3.92. The second-order valence-corrected chi connectivity index (χ2v) is 6.50. The molecule has 5 heteroatoms. The Morgan fingerprint density at radius 2 is 1.84 bits per heavy atom. The highest BCUT2D eigenvalue weighted by molar-refractivity contribution is 6.31. The van der Waals surface area contributed by atoms with Crippen molar-refractivity contribution in [2.45, 2.75) is 6.04 Å². The van der Waals surface area contributed by atoms with E-state index in [1.807, 2.05) is 73.6 Å². The molecule has 0 saturated carbocycles. The Bertz CT molecular complexity index is 890. The van der Waals surface area contributed by atoms with E-state index in [4.69, 9.17) is 11.6 Å². The lowest BCUT2D eigenvalue weighted by Gasteiger charge is -2.26. The highest BCUT2D eigenvalue weighted by atomic mass is 35.5. The van der Waals surface area contributed by atoms with Crippen molar-refractivity contribution in [1.82, 2.24) is 15.2 Å². The smallest absolute Gasteiger partial charge is 0.270 e. The minimum Gasteiger partial charge on any atom is -0.349 e. The predicted molar refractivity (Wildman–Crippen MR) is 102 cm³/mol. The summed E-state index contributed by atoms with van der Waals surface area (Å²) >= 11 is 6.32. The molecule has 128 valence electrons. The van der Waals surface area contributed by atoms with Crippen LogP contribution in [0.15, 0.2) is 60.8 Å². The van der Waals surface area contributed by atoms with Crippen molar-refractivity contribution in [2.24, 2.45) is 0 Å². The monoisotopic (exact) mass is 353 g/mol. The van der Waals surface area contributed by atoms with Crippen LogP contribution in [-0.4, -0.2) is 36.4 Å². The molecule has 0 fully saturated rings. The van der Waals surface area contributed by atoms with E-state index in [1.54, 1.807) is 6.20 Å². The van der Waals surface area contributed by atoms with Gasteiger partial charge in [-0.2, -0.15) is 0 Å². The normalized spacial score (nSPS) is 12.3. The van der Waals surface area contributed by atoms with Crippen LogP contribution in [0.4, 0.5) is 0 Å². The van der Waals surface area contributed by atoms with E-state index in [1.165, 1.54) is 0 Å². The van der Waals surface area contributed by atoms with Crippen molar-refractivity contribution in [3.8, 4) is 0 Å². The summed E-state index contributed by atoms with van der Waals surface area (Å²) in [5, 5.41) is 5.54. The molecule has 1 aromatic heterocycles. The van der Waals surface area contributed by atoms with Crippen LogP contribution in [-0.2, 0) is 0 Å². The summed E-state index contributed by atoms with van der Waals surface area (Å²) in [7, 11) is 3.94. The number of hydrogen-bond donors (Lipinski definition) is 1. The van der Waals surface area contributed by atoms with Crippen molar-refractivity contribution in [1.29, 1.82) is 0 Å². The van der Waals surface area contributed by atoms with Crippen molar-refractivity contribution in [3.05, 3.63) is 77.1 Å². The standard InChI is InChI=1S/C20H20ClN3O/c1-24(2)18(16-9-5-6-10-17(16)21)13-23-20(25)19-15-8-4-3-7-14(15)11-12-22-19/h3-12,18H,13H2,1-2H3,(H,23,25)/t18-/m0/s1. The second-order valence-electron chi connectivity index (χ2n) is 6.09. The van der Waals surface area contributed by atoms with Gasteiger partial charge in [0, 0.05) is 23.2 Å². The lowest BCUT2D eigenvalue weighted by Crippen LogP contribution is -2.35. The summed E-state index contributed by atoms with van der Waals surface area (Å²) in [4.78, 5) is 19.0. The maximum Gasteiger partial charge on any atom is 0.270 e. The molecule has 0 saturated heterocycles. The third kappa shape index (κ3) is 3.81. The second kappa shape index (κ2) is 7.64. The molecule has 0 aliphatic rings. The minimum absolute atomic E-state index is 0.0207. The largest absolute Gasteiger partial charge is 0.349 e. The zero-order valence-electron chi connectivity index (χ0n) is 14.2. The molecule has 25 heavy (non-hydrogen) atoms. The zero-order chi connectivity index (χ0) is 17.8. The summed E-state index contributed by atoms with van der Waals surface area (Å²) < 4.78 is 0. The number of aromatic nitrogens is 1. The summed E-state index contributed by atoms with van der Waals surface area (Å²) in [5.41, 5.74) is 1.43. The molecule has 0 spiro atoms. The van der Waals surface area contributed by atoms with Gasteiger partial charge in [-0.05, 0) is 37.2 Å². The number of carbonyl (C=O) groups is 1. The minimum atomic E-state index is -0.185. The molecular formula is C20H20ClN3O. The van der Waals surface area contributed by atoms with Gasteiger partial charge in [-0.15, -0.1) is 0 Å². The number of benzene rings is 2. The first-order valence-electron chi connectivity index (χ1n) is 8.10. The molecule has 2 aromatic carbocycles. The maximum absolute atomic E-state index is 12.7. The number of carbonyl (C=O) groups excluding carboxylic acids is 1. The summed E-state index contributed by atoms with van der Waals surface area (Å²) in [6.07, 6.45) is 1.66. The van der Waals surface area contributed by atoms with E-state index in [2.05, 4.69) is 10.3 Å². The van der Waals surface area contributed by atoms with Gasteiger partial charge in [-0.1, -0.05) is 54.1 Å². The quantitative estimate of drug-likeness (QED) is 0.756. The van der Waals surface area contributed by atoms with Gasteiger partial charge in [0.1, 0.15) is 5.69 Å². The number of fused-ring (bicyclic) bond motifs is 1. The lowest BCUT2D eigenvalue weighted by molar-refractivity contribution is 0.0939. The van der Waals surface area contributed by atoms with Gasteiger partial charge in [0.05, 0.1) is 6.04 Å². The van der Waals surface area contributed by atoms with E-state index in [-0.39, 0.29) is 11.9 Å². The van der Waals surface area contributed by atoms with Crippen LogP contribution in [0.1, 0.15) is 22.1 Å². The van der Waals surface area contributed by atoms with E-state index >= 15 is 0 Å². The Hall–Kier alpha value is -2.43. The first kappa shape index (κ1) is 17.4. The van der Waals surface area contributed by atoms with Crippen LogP contribution < -0.4 is 5.32 Å². The first-order chi connectivity index (χ1) is 12.1. The van der Waals surface area contributed by atoms with E-state index < -0.39 is 0 Å². The van der Waals surface area contributed by atoms with Gasteiger partial charge in [0.2, 0.25) is 0 Å². The Kier molecular flexibility index (Phi) is 5.31. The molecule has 1 atom stereocenters. The van der Waals surface area contributed by atoms with Gasteiger partial charge < -0.3 is 10.2 Å². The number of hydrogen-bond acceptors (Lipinski definition) is 3. The summed E-state index contributed by atoms with van der Waals surface area (Å²) in [6.45, 7) is 0.445. The van der Waals surface area contributed by atoms with Crippen LogP contribution in [0.25, 0.3) is 10.8 Å². The van der Waals surface area contributed by atoms with Crippen LogP contribution in [0.5, 0.6) is 0 Å². The van der Waals surface area contributed by atoms with Crippen molar-refractivity contribution in [2.75, 3.05) is 20.6 Å². The van der Waals surface area contributed by atoms with Gasteiger partial charge in [0.25, 0.3) is 5.91 Å². The number of pyridine rings is 1. The summed E-state index contributed by atoms with van der Waals surface area (Å²) in [5.74, 6) is -0.185. The molecule has 1 amide bonds. The van der Waals surface area contributed by atoms with Crippen LogP contribution in [0.3, 0.4) is 0 Å². The lowest BCUT2D eigenvalue weighted by atomic mass is 10.1. The first-order valence-corrected chi connectivity index (χ1v) is 8.48. The van der Waals surface area contributed by atoms with E-state index in [9.17, 15) is 4.79 Å². The van der Waals surface area contributed by atoms with Gasteiger partial charge in [-0.25, -0.2) is 0 Å². The van der Waals surface area contributed by atoms with Crippen LogP contribution in [0.2, 0.25) is 5.02 Å². The highest BCUT2D eigenvalue weighted by Gasteiger charge is 2.19. The number of amides is 1. The van der Waals surface area contributed by atoms with Gasteiger partial charge >= 0.3 is 0 Å². The van der Waals surface area contributed by atoms with Crippen molar-refractivity contribution in [3.63, 3.8) is 0 Å². The molecule has 1 heterocycles. The molecule has 3 rings (SSSR count). The van der Waals surface area contributed by atoms with Gasteiger partial charge in [-0.3, -0.25) is 9.78 Å². The molecule has 0 aliphatic heterocycles. The summed E-state index contributed by atoms with van der Waals surface area (Å²) in [6, 6.07) is 17.3. The van der Waals surface area contributed by atoms with Gasteiger partial charge in [0.15, 0.2) is 0 Å².